The number of benzene rings is 2. The van der Waals surface area contributed by atoms with E-state index in [9.17, 15) is 4.79 Å². The minimum atomic E-state index is 0.0836. The van der Waals surface area contributed by atoms with Gasteiger partial charge in [-0.25, -0.2) is 4.68 Å². The van der Waals surface area contributed by atoms with Gasteiger partial charge in [0.2, 0.25) is 0 Å². The molecule has 2 aromatic carbocycles. The summed E-state index contributed by atoms with van der Waals surface area (Å²) in [5.41, 5.74) is 4.53. The Hall–Kier alpha value is -2.88. The fourth-order valence-electron chi connectivity index (χ4n) is 3.79. The molecule has 27 heavy (non-hydrogen) atoms. The lowest BCUT2D eigenvalue weighted by atomic mass is 9.99. The number of nitrogens with zero attached hydrogens (tertiary/aromatic N) is 3. The standard InChI is InChI=1S/C23H25N3O/c1-17-8-6-10-19(14-17)22-21(23(27)25-13-7-9-18(2)15-25)16-26(24-22)20-11-4-3-5-12-20/h3-6,8,10-12,14,16,18H,7,9,13,15H2,1-2H3. The molecule has 0 spiro atoms. The molecule has 4 heteroatoms. The van der Waals surface area contributed by atoms with Crippen molar-refractivity contribution in [1.82, 2.24) is 14.7 Å². The Labute approximate surface area is 160 Å². The van der Waals surface area contributed by atoms with Crippen molar-refractivity contribution < 1.29 is 4.79 Å². The predicted molar refractivity (Wildman–Crippen MR) is 108 cm³/mol. The first-order valence-corrected chi connectivity index (χ1v) is 9.63. The van der Waals surface area contributed by atoms with Crippen LogP contribution in [-0.2, 0) is 0 Å². The second-order valence-electron chi connectivity index (χ2n) is 7.54. The lowest BCUT2D eigenvalue weighted by Gasteiger charge is -2.30. The van der Waals surface area contributed by atoms with Crippen molar-refractivity contribution in [2.45, 2.75) is 26.7 Å². The number of hydrogen-bond donors (Lipinski definition) is 0. The molecule has 1 amide bonds. The van der Waals surface area contributed by atoms with Crippen molar-refractivity contribution in [3.8, 4) is 16.9 Å². The molecule has 1 aliphatic heterocycles. The fraction of sp³-hybridized carbons (Fsp3) is 0.304. The van der Waals surface area contributed by atoms with Crippen molar-refractivity contribution >= 4 is 5.91 Å². The monoisotopic (exact) mass is 359 g/mol. The molecule has 0 saturated carbocycles. The largest absolute Gasteiger partial charge is 0.338 e. The third kappa shape index (κ3) is 3.65. The number of piperidine rings is 1. The molecule has 4 nitrogen and oxygen atoms in total. The molecule has 0 bridgehead atoms. The van der Waals surface area contributed by atoms with Gasteiger partial charge in [-0.05, 0) is 43.9 Å². The average Bonchev–Trinajstić information content (AvgIpc) is 3.13. The molecule has 3 aromatic rings. The summed E-state index contributed by atoms with van der Waals surface area (Å²) >= 11 is 0. The maximum Gasteiger partial charge on any atom is 0.257 e. The van der Waals surface area contributed by atoms with Crippen LogP contribution in [0.25, 0.3) is 16.9 Å². The van der Waals surface area contributed by atoms with Gasteiger partial charge >= 0.3 is 0 Å². The zero-order chi connectivity index (χ0) is 18.8. The second kappa shape index (κ2) is 7.39. The Kier molecular flexibility index (Phi) is 4.80. The molecule has 1 atom stereocenters. The highest BCUT2D eigenvalue weighted by molar-refractivity contribution is 6.00. The number of rotatable bonds is 3. The average molecular weight is 359 g/mol. The third-order valence-corrected chi connectivity index (χ3v) is 5.20. The smallest absolute Gasteiger partial charge is 0.257 e. The Bertz CT molecular complexity index is 945. The Morgan fingerprint density at radius 2 is 1.93 bits per heavy atom. The van der Waals surface area contributed by atoms with Crippen LogP contribution in [0, 0.1) is 12.8 Å². The van der Waals surface area contributed by atoms with E-state index in [1.165, 1.54) is 6.42 Å². The third-order valence-electron chi connectivity index (χ3n) is 5.20. The molecule has 1 aliphatic rings. The number of hydrogen-bond acceptors (Lipinski definition) is 2. The topological polar surface area (TPSA) is 38.1 Å². The van der Waals surface area contributed by atoms with Gasteiger partial charge < -0.3 is 4.90 Å². The van der Waals surface area contributed by atoms with Crippen molar-refractivity contribution in [1.29, 1.82) is 0 Å². The van der Waals surface area contributed by atoms with Gasteiger partial charge in [-0.2, -0.15) is 5.10 Å². The number of amides is 1. The lowest BCUT2D eigenvalue weighted by molar-refractivity contribution is 0.0684. The molecule has 1 saturated heterocycles. The van der Waals surface area contributed by atoms with Gasteiger partial charge in [0.25, 0.3) is 5.91 Å². The van der Waals surface area contributed by atoms with E-state index in [0.717, 1.165) is 42.0 Å². The van der Waals surface area contributed by atoms with Crippen LogP contribution in [0.15, 0.2) is 60.8 Å². The van der Waals surface area contributed by atoms with Crippen molar-refractivity contribution in [2.75, 3.05) is 13.1 Å². The minimum Gasteiger partial charge on any atom is -0.338 e. The quantitative estimate of drug-likeness (QED) is 0.679. The van der Waals surface area contributed by atoms with Crippen LogP contribution < -0.4 is 0 Å². The van der Waals surface area contributed by atoms with Gasteiger partial charge in [-0.15, -0.1) is 0 Å². The Morgan fingerprint density at radius 3 is 2.67 bits per heavy atom. The molecule has 1 fully saturated rings. The number of para-hydroxylation sites is 1. The van der Waals surface area contributed by atoms with Crippen LogP contribution in [0.5, 0.6) is 0 Å². The molecule has 1 aromatic heterocycles. The summed E-state index contributed by atoms with van der Waals surface area (Å²) in [5, 5.41) is 4.80. The summed E-state index contributed by atoms with van der Waals surface area (Å²) in [6.45, 7) is 5.93. The first-order chi connectivity index (χ1) is 13.1. The first-order valence-electron chi connectivity index (χ1n) is 9.63. The highest BCUT2D eigenvalue weighted by Crippen LogP contribution is 2.27. The van der Waals surface area contributed by atoms with E-state index in [0.29, 0.717) is 11.5 Å². The Balaban J connectivity index is 1.79. The zero-order valence-electron chi connectivity index (χ0n) is 15.9. The predicted octanol–water partition coefficient (Wildman–Crippen LogP) is 4.72. The van der Waals surface area contributed by atoms with E-state index in [1.54, 1.807) is 0 Å². The molecule has 0 radical (unpaired) electrons. The van der Waals surface area contributed by atoms with E-state index in [1.807, 2.05) is 58.2 Å². The van der Waals surface area contributed by atoms with Crippen molar-refractivity contribution in [3.05, 3.63) is 71.9 Å². The summed E-state index contributed by atoms with van der Waals surface area (Å²) < 4.78 is 1.82. The van der Waals surface area contributed by atoms with Gasteiger partial charge in [-0.1, -0.05) is 48.9 Å². The van der Waals surface area contributed by atoms with Crippen LogP contribution in [0.1, 0.15) is 35.7 Å². The molecular weight excluding hydrogens is 334 g/mol. The van der Waals surface area contributed by atoms with Crippen molar-refractivity contribution in [3.63, 3.8) is 0 Å². The highest BCUT2D eigenvalue weighted by Gasteiger charge is 2.26. The van der Waals surface area contributed by atoms with E-state index in [-0.39, 0.29) is 5.91 Å². The van der Waals surface area contributed by atoms with E-state index >= 15 is 0 Å². The number of likely N-dealkylation sites (tertiary alicyclic amines) is 1. The fourth-order valence-corrected chi connectivity index (χ4v) is 3.79. The molecule has 1 unspecified atom stereocenters. The summed E-state index contributed by atoms with van der Waals surface area (Å²) in [6.07, 6.45) is 4.14. The summed E-state index contributed by atoms with van der Waals surface area (Å²) in [4.78, 5) is 15.3. The Morgan fingerprint density at radius 1 is 1.11 bits per heavy atom. The van der Waals surface area contributed by atoms with Crippen LogP contribution in [0.2, 0.25) is 0 Å². The number of aryl methyl sites for hydroxylation is 1. The minimum absolute atomic E-state index is 0.0836. The van der Waals surface area contributed by atoms with Crippen molar-refractivity contribution in [2.24, 2.45) is 5.92 Å². The highest BCUT2D eigenvalue weighted by atomic mass is 16.2. The van der Waals surface area contributed by atoms with E-state index in [2.05, 4.69) is 26.0 Å². The normalized spacial score (nSPS) is 17.1. The van der Waals surface area contributed by atoms with E-state index in [4.69, 9.17) is 5.10 Å². The summed E-state index contributed by atoms with van der Waals surface area (Å²) in [5.74, 6) is 0.634. The second-order valence-corrected chi connectivity index (χ2v) is 7.54. The molecular formula is C23H25N3O. The molecule has 138 valence electrons. The molecule has 2 heterocycles. The number of carbonyl (C=O) groups is 1. The molecule has 0 N–H and O–H groups in total. The first kappa shape index (κ1) is 17.5. The van der Waals surface area contributed by atoms with Crippen LogP contribution in [-0.4, -0.2) is 33.7 Å². The summed E-state index contributed by atoms with van der Waals surface area (Å²) in [6, 6.07) is 18.2. The maximum absolute atomic E-state index is 13.3. The lowest BCUT2D eigenvalue weighted by Crippen LogP contribution is -2.39. The summed E-state index contributed by atoms with van der Waals surface area (Å²) in [7, 11) is 0. The van der Waals surface area contributed by atoms with Gasteiger partial charge in [0, 0.05) is 24.8 Å². The maximum atomic E-state index is 13.3. The molecule has 4 rings (SSSR count). The molecule has 0 aliphatic carbocycles. The van der Waals surface area contributed by atoms with Gasteiger partial charge in [0.15, 0.2) is 0 Å². The number of carbonyl (C=O) groups excluding carboxylic acids is 1. The number of aromatic nitrogens is 2. The SMILES string of the molecule is Cc1cccc(-c2nn(-c3ccccc3)cc2C(=O)N2CCCC(C)C2)c1. The van der Waals surface area contributed by atoms with Crippen LogP contribution in [0.3, 0.4) is 0 Å². The van der Waals surface area contributed by atoms with Gasteiger partial charge in [-0.3, -0.25) is 4.79 Å². The van der Waals surface area contributed by atoms with Crippen LogP contribution >= 0.6 is 0 Å². The van der Waals surface area contributed by atoms with Gasteiger partial charge in [0.1, 0.15) is 5.69 Å². The van der Waals surface area contributed by atoms with E-state index < -0.39 is 0 Å². The zero-order valence-corrected chi connectivity index (χ0v) is 15.9. The van der Waals surface area contributed by atoms with Crippen LogP contribution in [0.4, 0.5) is 0 Å². The van der Waals surface area contributed by atoms with Gasteiger partial charge in [0.05, 0.1) is 11.3 Å².